The summed E-state index contributed by atoms with van der Waals surface area (Å²) in [5, 5.41) is 9.99. The fraction of sp³-hybridized carbons (Fsp3) is 0.739. The maximum absolute atomic E-state index is 9.70. The van der Waals surface area contributed by atoms with Crippen LogP contribution in [0.15, 0.2) is 6.07 Å². The van der Waals surface area contributed by atoms with Gasteiger partial charge in [-0.2, -0.15) is 0 Å². The maximum Gasteiger partial charge on any atom is 0.157 e. The topological polar surface area (TPSA) is 55.5 Å². The maximum atomic E-state index is 9.70. The molecule has 0 heterocycles. The van der Waals surface area contributed by atoms with E-state index < -0.39 is 0 Å². The molecule has 1 aromatic carbocycles. The van der Waals surface area contributed by atoms with Gasteiger partial charge in [-0.1, -0.05) is 102 Å². The first-order valence-corrected chi connectivity index (χ1v) is 11.4. The first kappa shape index (κ1) is 23.9. The van der Waals surface area contributed by atoms with Gasteiger partial charge in [0.25, 0.3) is 0 Å². The number of rotatable bonds is 16. The van der Waals surface area contributed by atoms with Crippen LogP contribution in [0.4, 0.5) is 5.69 Å². The Morgan fingerprint density at radius 3 is 1.78 bits per heavy atom. The second-order valence-corrected chi connectivity index (χ2v) is 8.07. The average Bonchev–Trinajstić information content (AvgIpc) is 2.67. The van der Waals surface area contributed by atoms with Gasteiger partial charge in [-0.05, 0) is 13.3 Å². The summed E-state index contributed by atoms with van der Waals surface area (Å²) in [4.78, 5) is 0. The minimum atomic E-state index is -0.0574. The predicted octanol–water partition coefficient (Wildman–Crippen LogP) is 7.80. The van der Waals surface area contributed by atoms with Crippen LogP contribution in [0.2, 0.25) is 5.02 Å². The molecule has 0 radical (unpaired) electrons. The van der Waals surface area contributed by atoms with E-state index in [1.807, 2.05) is 6.92 Å². The summed E-state index contributed by atoms with van der Waals surface area (Å²) in [5.74, 6) is 0.614. The molecule has 0 saturated heterocycles. The van der Waals surface area contributed by atoms with Gasteiger partial charge in [0.1, 0.15) is 5.75 Å². The highest BCUT2D eigenvalue weighted by Gasteiger charge is 2.12. The Morgan fingerprint density at radius 1 is 0.852 bits per heavy atom. The highest BCUT2D eigenvalue weighted by atomic mass is 35.5. The number of aromatic hydroxyl groups is 1. The van der Waals surface area contributed by atoms with E-state index in [1.54, 1.807) is 6.07 Å². The Balaban J connectivity index is 1.94. The largest absolute Gasteiger partial charge is 0.504 e. The summed E-state index contributed by atoms with van der Waals surface area (Å²) < 4.78 is 5.78. The van der Waals surface area contributed by atoms with Crippen molar-refractivity contribution in [3.05, 3.63) is 16.7 Å². The van der Waals surface area contributed by atoms with E-state index in [0.29, 0.717) is 12.4 Å². The third-order valence-corrected chi connectivity index (χ3v) is 5.68. The summed E-state index contributed by atoms with van der Waals surface area (Å²) in [7, 11) is 0. The van der Waals surface area contributed by atoms with E-state index >= 15 is 0 Å². The molecule has 0 fully saturated rings. The molecule has 1 rings (SSSR count). The van der Waals surface area contributed by atoms with Crippen LogP contribution in [0.3, 0.4) is 0 Å². The normalized spacial score (nSPS) is 11.1. The number of hydrogen-bond donors (Lipinski definition) is 2. The molecule has 156 valence electrons. The van der Waals surface area contributed by atoms with Gasteiger partial charge >= 0.3 is 0 Å². The molecule has 0 aliphatic heterocycles. The lowest BCUT2D eigenvalue weighted by atomic mass is 10.0. The van der Waals surface area contributed by atoms with Gasteiger partial charge in [0.2, 0.25) is 0 Å². The lowest BCUT2D eigenvalue weighted by molar-refractivity contribution is 0.302. The molecule has 0 bridgehead atoms. The highest BCUT2D eigenvalue weighted by molar-refractivity contribution is 6.33. The second-order valence-electron chi connectivity index (χ2n) is 7.70. The molecule has 0 amide bonds. The van der Waals surface area contributed by atoms with Crippen LogP contribution in [0.25, 0.3) is 0 Å². The van der Waals surface area contributed by atoms with Crippen molar-refractivity contribution in [3.63, 3.8) is 0 Å². The molecule has 0 atom stereocenters. The van der Waals surface area contributed by atoms with Gasteiger partial charge < -0.3 is 15.6 Å². The van der Waals surface area contributed by atoms with Crippen LogP contribution >= 0.6 is 11.6 Å². The standard InChI is InChI=1S/C23H40ClNO2/c1-3-4-5-6-7-8-9-10-11-12-13-14-15-16-17-27-21-18-20(25)23(26)22(24)19(21)2/h18,26H,3-17,25H2,1-2H3. The third-order valence-electron chi connectivity index (χ3n) is 5.22. The number of phenols is 1. The van der Waals surface area contributed by atoms with Gasteiger partial charge in [-0.3, -0.25) is 0 Å². The van der Waals surface area contributed by atoms with Crippen LogP contribution in [-0.4, -0.2) is 11.7 Å². The Labute approximate surface area is 171 Å². The summed E-state index contributed by atoms with van der Waals surface area (Å²) in [6.07, 6.45) is 18.8. The Kier molecular flexibility index (Phi) is 13.2. The van der Waals surface area contributed by atoms with Gasteiger partial charge in [-0.25, -0.2) is 0 Å². The van der Waals surface area contributed by atoms with E-state index in [4.69, 9.17) is 22.1 Å². The summed E-state index contributed by atoms with van der Waals surface area (Å²) in [5.41, 5.74) is 6.74. The van der Waals surface area contributed by atoms with Crippen LogP contribution < -0.4 is 10.5 Å². The monoisotopic (exact) mass is 397 g/mol. The van der Waals surface area contributed by atoms with E-state index in [2.05, 4.69) is 6.92 Å². The zero-order valence-corrected chi connectivity index (χ0v) is 18.3. The quantitative estimate of drug-likeness (QED) is 0.170. The zero-order valence-electron chi connectivity index (χ0n) is 17.5. The predicted molar refractivity (Wildman–Crippen MR) is 118 cm³/mol. The van der Waals surface area contributed by atoms with E-state index in [9.17, 15) is 5.11 Å². The lowest BCUT2D eigenvalue weighted by Crippen LogP contribution is -2.00. The molecule has 3 N–H and O–H groups in total. The molecule has 3 nitrogen and oxygen atoms in total. The fourth-order valence-electron chi connectivity index (χ4n) is 3.36. The third kappa shape index (κ3) is 10.1. The van der Waals surface area contributed by atoms with E-state index in [-0.39, 0.29) is 16.5 Å². The minimum Gasteiger partial charge on any atom is -0.504 e. The number of hydrogen-bond acceptors (Lipinski definition) is 3. The molecular formula is C23H40ClNO2. The SMILES string of the molecule is CCCCCCCCCCCCCCCCOc1cc(N)c(O)c(Cl)c1C. The number of ether oxygens (including phenoxy) is 1. The van der Waals surface area contributed by atoms with Crippen molar-refractivity contribution in [3.8, 4) is 11.5 Å². The zero-order chi connectivity index (χ0) is 19.9. The fourth-order valence-corrected chi connectivity index (χ4v) is 3.56. The Morgan fingerprint density at radius 2 is 1.30 bits per heavy atom. The Hall–Kier alpha value is -1.09. The molecule has 0 saturated carbocycles. The van der Waals surface area contributed by atoms with Crippen molar-refractivity contribution in [1.82, 2.24) is 0 Å². The number of benzene rings is 1. The number of halogens is 1. The van der Waals surface area contributed by atoms with Crippen molar-refractivity contribution in [2.75, 3.05) is 12.3 Å². The number of unbranched alkanes of at least 4 members (excludes halogenated alkanes) is 13. The lowest BCUT2D eigenvalue weighted by Gasteiger charge is -2.13. The second kappa shape index (κ2) is 14.9. The molecule has 1 aromatic rings. The average molecular weight is 398 g/mol. The van der Waals surface area contributed by atoms with Crippen molar-refractivity contribution < 1.29 is 9.84 Å². The van der Waals surface area contributed by atoms with Crippen molar-refractivity contribution >= 4 is 17.3 Å². The molecule has 4 heteroatoms. The first-order valence-electron chi connectivity index (χ1n) is 11.0. The first-order chi connectivity index (χ1) is 13.1. The number of anilines is 1. The number of phenolic OH excluding ortho intramolecular Hbond substituents is 1. The summed E-state index contributed by atoms with van der Waals surface area (Å²) >= 11 is 6.05. The number of nitrogen functional groups attached to an aromatic ring is 1. The van der Waals surface area contributed by atoms with Gasteiger partial charge in [0.05, 0.1) is 17.3 Å². The molecule has 27 heavy (non-hydrogen) atoms. The van der Waals surface area contributed by atoms with E-state index in [1.165, 1.54) is 83.5 Å². The molecule has 0 spiro atoms. The van der Waals surface area contributed by atoms with Crippen molar-refractivity contribution in [2.24, 2.45) is 0 Å². The molecule has 0 aliphatic rings. The Bertz CT molecular complexity index is 520. The van der Waals surface area contributed by atoms with Crippen molar-refractivity contribution in [2.45, 2.75) is 104 Å². The summed E-state index contributed by atoms with van der Waals surface area (Å²) in [6, 6.07) is 1.65. The van der Waals surface area contributed by atoms with Gasteiger partial charge in [0.15, 0.2) is 5.75 Å². The van der Waals surface area contributed by atoms with Crippen LogP contribution in [0.5, 0.6) is 11.5 Å². The molecular weight excluding hydrogens is 358 g/mol. The van der Waals surface area contributed by atoms with Crippen LogP contribution in [-0.2, 0) is 0 Å². The minimum absolute atomic E-state index is 0.0574. The van der Waals surface area contributed by atoms with E-state index in [0.717, 1.165) is 12.0 Å². The van der Waals surface area contributed by atoms with Gasteiger partial charge in [0, 0.05) is 11.6 Å². The van der Waals surface area contributed by atoms with Crippen molar-refractivity contribution in [1.29, 1.82) is 0 Å². The number of nitrogens with two attached hydrogens (primary N) is 1. The highest BCUT2D eigenvalue weighted by Crippen LogP contribution is 2.38. The molecule has 0 aliphatic carbocycles. The van der Waals surface area contributed by atoms with Gasteiger partial charge in [-0.15, -0.1) is 0 Å². The molecule has 0 unspecified atom stereocenters. The smallest absolute Gasteiger partial charge is 0.157 e. The molecule has 0 aromatic heterocycles. The van der Waals surface area contributed by atoms with Crippen LogP contribution in [0, 0.1) is 6.92 Å². The summed E-state index contributed by atoms with van der Waals surface area (Å²) in [6.45, 7) is 4.78. The van der Waals surface area contributed by atoms with Crippen LogP contribution in [0.1, 0.15) is 102 Å².